The van der Waals surface area contributed by atoms with Crippen LogP contribution in [0.5, 0.6) is 0 Å². The molecule has 2 heterocycles. The molecule has 0 aliphatic carbocycles. The van der Waals surface area contributed by atoms with E-state index in [9.17, 15) is 23.1 Å². The molecule has 1 aromatic heterocycles. The van der Waals surface area contributed by atoms with Crippen molar-refractivity contribution in [3.63, 3.8) is 0 Å². The second-order valence-corrected chi connectivity index (χ2v) is 5.32. The minimum absolute atomic E-state index is 0.192. The first-order valence-corrected chi connectivity index (χ1v) is 7.08. The maximum absolute atomic E-state index is 12.4. The number of rotatable bonds is 2. The van der Waals surface area contributed by atoms with Gasteiger partial charge in [-0.05, 0) is 30.7 Å². The quantitative estimate of drug-likeness (QED) is 0.874. The number of urea groups is 1. The molecule has 1 fully saturated rings. The largest absolute Gasteiger partial charge is 0.471 e. The number of carbonyl (C=O) groups excluding carboxylic acids is 1. The fourth-order valence-electron chi connectivity index (χ4n) is 2.29. The van der Waals surface area contributed by atoms with Crippen LogP contribution in [0.25, 0.3) is 11.4 Å². The zero-order chi connectivity index (χ0) is 17.3. The molecule has 2 amide bonds. The van der Waals surface area contributed by atoms with E-state index in [4.69, 9.17) is 0 Å². The zero-order valence-electron chi connectivity index (χ0n) is 12.2. The first-order chi connectivity index (χ1) is 11.3. The average Bonchev–Trinajstić information content (AvgIpc) is 3.16. The van der Waals surface area contributed by atoms with Gasteiger partial charge in [0.05, 0.1) is 6.10 Å². The number of amides is 2. The van der Waals surface area contributed by atoms with Crippen molar-refractivity contribution in [2.45, 2.75) is 18.7 Å². The van der Waals surface area contributed by atoms with Crippen molar-refractivity contribution in [2.24, 2.45) is 0 Å². The summed E-state index contributed by atoms with van der Waals surface area (Å²) in [4.78, 5) is 16.7. The van der Waals surface area contributed by atoms with Crippen LogP contribution in [0, 0.1) is 0 Å². The summed E-state index contributed by atoms with van der Waals surface area (Å²) < 4.78 is 41.5. The third kappa shape index (κ3) is 3.48. The summed E-state index contributed by atoms with van der Waals surface area (Å²) >= 11 is 0. The monoisotopic (exact) mass is 342 g/mol. The van der Waals surface area contributed by atoms with Crippen molar-refractivity contribution < 1.29 is 27.6 Å². The standard InChI is InChI=1S/C14H13F3N4O3/c15-14(16,17)12-19-11(20-24-12)8-1-3-9(4-2-8)18-13(23)21-6-5-10(22)7-21/h1-4,10,22H,5-7H2,(H,18,23). The highest BCUT2D eigenvalue weighted by Crippen LogP contribution is 2.29. The molecule has 1 aliphatic rings. The maximum Gasteiger partial charge on any atom is 0.471 e. The second kappa shape index (κ2) is 6.11. The van der Waals surface area contributed by atoms with E-state index >= 15 is 0 Å². The van der Waals surface area contributed by atoms with Gasteiger partial charge in [-0.25, -0.2) is 4.79 Å². The highest BCUT2D eigenvalue weighted by molar-refractivity contribution is 5.89. The van der Waals surface area contributed by atoms with Crippen molar-refractivity contribution in [1.29, 1.82) is 0 Å². The molecule has 1 saturated heterocycles. The van der Waals surface area contributed by atoms with Gasteiger partial charge in [-0.3, -0.25) is 0 Å². The number of nitrogens with zero attached hydrogens (tertiary/aromatic N) is 3. The third-order valence-electron chi connectivity index (χ3n) is 3.51. The van der Waals surface area contributed by atoms with Crippen molar-refractivity contribution in [2.75, 3.05) is 18.4 Å². The Labute approximate surface area is 134 Å². The SMILES string of the molecule is O=C(Nc1ccc(-c2noc(C(F)(F)F)n2)cc1)N1CCC(O)C1. The molecule has 0 radical (unpaired) electrons. The van der Waals surface area contributed by atoms with Crippen LogP contribution in [0.4, 0.5) is 23.7 Å². The number of anilines is 1. The smallest absolute Gasteiger partial charge is 0.391 e. The minimum Gasteiger partial charge on any atom is -0.391 e. The molecule has 3 rings (SSSR count). The van der Waals surface area contributed by atoms with Gasteiger partial charge in [-0.15, -0.1) is 0 Å². The van der Waals surface area contributed by atoms with Crippen LogP contribution < -0.4 is 5.32 Å². The minimum atomic E-state index is -4.69. The number of aliphatic hydroxyl groups excluding tert-OH is 1. The van der Waals surface area contributed by atoms with Gasteiger partial charge in [0.1, 0.15) is 0 Å². The van der Waals surface area contributed by atoms with E-state index in [1.807, 2.05) is 0 Å². The molecule has 128 valence electrons. The number of halogens is 3. The lowest BCUT2D eigenvalue weighted by molar-refractivity contribution is -0.159. The number of β-amino-alcohol motifs (C(OH)–C–C–N with tert-alkyl or cyclic N) is 1. The number of likely N-dealkylation sites (tertiary alicyclic amines) is 1. The molecule has 1 aromatic carbocycles. The Morgan fingerprint density at radius 3 is 2.58 bits per heavy atom. The molecule has 1 unspecified atom stereocenters. The lowest BCUT2D eigenvalue weighted by Gasteiger charge is -2.16. The van der Waals surface area contributed by atoms with E-state index in [1.54, 1.807) is 0 Å². The Morgan fingerprint density at radius 2 is 2.04 bits per heavy atom. The average molecular weight is 342 g/mol. The van der Waals surface area contributed by atoms with Gasteiger partial charge in [0, 0.05) is 24.3 Å². The van der Waals surface area contributed by atoms with Crippen LogP contribution in [-0.2, 0) is 6.18 Å². The molecule has 1 aliphatic heterocycles. The number of hydrogen-bond donors (Lipinski definition) is 2. The Kier molecular flexibility index (Phi) is 4.14. The van der Waals surface area contributed by atoms with Crippen LogP contribution in [-0.4, -0.2) is 45.4 Å². The molecule has 0 saturated carbocycles. The Bertz CT molecular complexity index is 730. The summed E-state index contributed by atoms with van der Waals surface area (Å²) in [5.74, 6) is -1.61. The first-order valence-electron chi connectivity index (χ1n) is 7.08. The topological polar surface area (TPSA) is 91.5 Å². The van der Waals surface area contributed by atoms with Crippen LogP contribution in [0.2, 0.25) is 0 Å². The van der Waals surface area contributed by atoms with E-state index < -0.39 is 18.2 Å². The lowest BCUT2D eigenvalue weighted by atomic mass is 10.2. The molecule has 0 spiro atoms. The summed E-state index contributed by atoms with van der Waals surface area (Å²) in [6.07, 6.45) is -4.68. The van der Waals surface area contributed by atoms with Crippen molar-refractivity contribution >= 4 is 11.7 Å². The second-order valence-electron chi connectivity index (χ2n) is 5.32. The summed E-state index contributed by atoms with van der Waals surface area (Å²) in [7, 11) is 0. The van der Waals surface area contributed by atoms with Crippen molar-refractivity contribution in [1.82, 2.24) is 15.0 Å². The lowest BCUT2D eigenvalue weighted by Crippen LogP contribution is -2.33. The predicted molar refractivity (Wildman–Crippen MR) is 76.0 cm³/mol. The number of aliphatic hydroxyl groups is 1. The summed E-state index contributed by atoms with van der Waals surface area (Å²) in [6.45, 7) is 0.737. The van der Waals surface area contributed by atoms with E-state index in [2.05, 4.69) is 20.0 Å². The van der Waals surface area contributed by atoms with Gasteiger partial charge in [-0.1, -0.05) is 5.16 Å². The highest BCUT2D eigenvalue weighted by Gasteiger charge is 2.38. The fraction of sp³-hybridized carbons (Fsp3) is 0.357. The van der Waals surface area contributed by atoms with E-state index in [-0.39, 0.29) is 18.4 Å². The number of carbonyl (C=O) groups is 1. The Balaban J connectivity index is 1.67. The Hall–Kier alpha value is -2.62. The third-order valence-corrected chi connectivity index (χ3v) is 3.51. The summed E-state index contributed by atoms with van der Waals surface area (Å²) in [6, 6.07) is 5.63. The first kappa shape index (κ1) is 16.2. The van der Waals surface area contributed by atoms with E-state index in [0.717, 1.165) is 0 Å². The summed E-state index contributed by atoms with van der Waals surface area (Å²) in [5.41, 5.74) is 0.786. The van der Waals surface area contributed by atoms with E-state index in [1.165, 1.54) is 29.2 Å². The number of aromatic nitrogens is 2. The fourth-order valence-corrected chi connectivity index (χ4v) is 2.29. The normalized spacial score (nSPS) is 18.0. The molecule has 10 heteroatoms. The van der Waals surface area contributed by atoms with Gasteiger partial charge in [-0.2, -0.15) is 18.2 Å². The van der Waals surface area contributed by atoms with Crippen LogP contribution >= 0.6 is 0 Å². The maximum atomic E-state index is 12.4. The molecule has 2 aromatic rings. The molecule has 7 nitrogen and oxygen atoms in total. The van der Waals surface area contributed by atoms with Crippen molar-refractivity contribution in [3.05, 3.63) is 30.2 Å². The van der Waals surface area contributed by atoms with Gasteiger partial charge in [0.25, 0.3) is 0 Å². The van der Waals surface area contributed by atoms with E-state index in [0.29, 0.717) is 24.2 Å². The number of hydrogen-bond acceptors (Lipinski definition) is 5. The summed E-state index contributed by atoms with van der Waals surface area (Å²) in [5, 5.41) is 15.3. The van der Waals surface area contributed by atoms with Crippen LogP contribution in [0.15, 0.2) is 28.8 Å². The molecular weight excluding hydrogens is 329 g/mol. The molecule has 0 bridgehead atoms. The molecule has 24 heavy (non-hydrogen) atoms. The molecule has 2 N–H and O–H groups in total. The number of alkyl halides is 3. The number of benzene rings is 1. The van der Waals surface area contributed by atoms with Gasteiger partial charge in [0.2, 0.25) is 5.82 Å². The number of nitrogens with one attached hydrogen (secondary N) is 1. The molecule has 1 atom stereocenters. The van der Waals surface area contributed by atoms with Gasteiger partial charge in [0.15, 0.2) is 0 Å². The zero-order valence-corrected chi connectivity index (χ0v) is 12.2. The van der Waals surface area contributed by atoms with Gasteiger partial charge >= 0.3 is 18.1 Å². The highest BCUT2D eigenvalue weighted by atomic mass is 19.4. The van der Waals surface area contributed by atoms with Crippen LogP contribution in [0.1, 0.15) is 12.3 Å². The Morgan fingerprint density at radius 1 is 1.33 bits per heavy atom. The van der Waals surface area contributed by atoms with Gasteiger partial charge < -0.3 is 19.8 Å². The van der Waals surface area contributed by atoms with Crippen molar-refractivity contribution in [3.8, 4) is 11.4 Å². The van der Waals surface area contributed by atoms with Crippen LogP contribution in [0.3, 0.4) is 0 Å². The molecular formula is C14H13F3N4O3. The predicted octanol–water partition coefficient (Wildman–Crippen LogP) is 2.35.